The third-order valence-electron chi connectivity index (χ3n) is 3.56. The topological polar surface area (TPSA) is 21.3 Å². The number of hydrogen-bond acceptors (Lipinski definition) is 2. The Bertz CT molecular complexity index is 321. The fraction of sp³-hybridized carbons (Fsp3) is 0.667. The van der Waals surface area contributed by atoms with Crippen LogP contribution in [0.2, 0.25) is 0 Å². The lowest BCUT2D eigenvalue weighted by Gasteiger charge is -2.07. The fourth-order valence-corrected chi connectivity index (χ4v) is 2.14. The van der Waals surface area contributed by atoms with Crippen LogP contribution < -0.4 is 10.1 Å². The van der Waals surface area contributed by atoms with Crippen LogP contribution in [0.15, 0.2) is 24.3 Å². The molecule has 0 amide bonds. The van der Waals surface area contributed by atoms with Crippen molar-refractivity contribution in [2.45, 2.75) is 58.8 Å². The molecular formula is C18H31NO. The van der Waals surface area contributed by atoms with Crippen molar-refractivity contribution < 1.29 is 4.74 Å². The van der Waals surface area contributed by atoms with E-state index >= 15 is 0 Å². The van der Waals surface area contributed by atoms with E-state index in [1.807, 2.05) is 0 Å². The van der Waals surface area contributed by atoms with Gasteiger partial charge in [-0.25, -0.2) is 0 Å². The number of hydrogen-bond donors (Lipinski definition) is 1. The first-order valence-corrected chi connectivity index (χ1v) is 8.29. The first-order chi connectivity index (χ1) is 9.86. The van der Waals surface area contributed by atoms with E-state index in [1.54, 1.807) is 0 Å². The number of nitrogens with one attached hydrogen (secondary N) is 1. The highest BCUT2D eigenvalue weighted by Gasteiger charge is 1.95. The highest BCUT2D eigenvalue weighted by atomic mass is 16.5. The Morgan fingerprint density at radius 1 is 0.850 bits per heavy atom. The smallest absolute Gasteiger partial charge is 0.119 e. The highest BCUT2D eigenvalue weighted by molar-refractivity contribution is 5.27. The Labute approximate surface area is 124 Å². The molecule has 20 heavy (non-hydrogen) atoms. The van der Waals surface area contributed by atoms with Gasteiger partial charge in [0.2, 0.25) is 0 Å². The van der Waals surface area contributed by atoms with Gasteiger partial charge in [-0.15, -0.1) is 0 Å². The lowest BCUT2D eigenvalue weighted by atomic mass is 10.2. The SMILES string of the molecule is CCCCNCCCCCCOc1ccc(CC)cc1. The zero-order chi connectivity index (χ0) is 14.5. The molecule has 0 saturated heterocycles. The van der Waals surface area contributed by atoms with Crippen molar-refractivity contribution in [3.63, 3.8) is 0 Å². The van der Waals surface area contributed by atoms with Gasteiger partial charge in [0.15, 0.2) is 0 Å². The summed E-state index contributed by atoms with van der Waals surface area (Å²) < 4.78 is 5.75. The van der Waals surface area contributed by atoms with Gasteiger partial charge in [0.25, 0.3) is 0 Å². The van der Waals surface area contributed by atoms with Crippen LogP contribution in [0.25, 0.3) is 0 Å². The van der Waals surface area contributed by atoms with Gasteiger partial charge in [0, 0.05) is 0 Å². The molecule has 0 aliphatic heterocycles. The Morgan fingerprint density at radius 3 is 2.25 bits per heavy atom. The van der Waals surface area contributed by atoms with Crippen molar-refractivity contribution in [3.05, 3.63) is 29.8 Å². The molecule has 114 valence electrons. The molecule has 0 saturated carbocycles. The maximum absolute atomic E-state index is 5.75. The van der Waals surface area contributed by atoms with Crippen LogP contribution in [0, 0.1) is 0 Å². The predicted molar refractivity (Wildman–Crippen MR) is 87.6 cm³/mol. The Kier molecular flexibility index (Phi) is 10.0. The number of unbranched alkanes of at least 4 members (excludes halogenated alkanes) is 4. The Morgan fingerprint density at radius 2 is 1.55 bits per heavy atom. The van der Waals surface area contributed by atoms with Gasteiger partial charge in [0.05, 0.1) is 6.61 Å². The van der Waals surface area contributed by atoms with Gasteiger partial charge in [0.1, 0.15) is 5.75 Å². The van der Waals surface area contributed by atoms with Crippen LogP contribution in [-0.2, 0) is 6.42 Å². The number of aryl methyl sites for hydroxylation is 1. The quantitative estimate of drug-likeness (QED) is 0.565. The fourth-order valence-electron chi connectivity index (χ4n) is 2.14. The van der Waals surface area contributed by atoms with Crippen LogP contribution in [0.3, 0.4) is 0 Å². The van der Waals surface area contributed by atoms with E-state index in [2.05, 4.69) is 43.4 Å². The van der Waals surface area contributed by atoms with Crippen molar-refractivity contribution in [1.29, 1.82) is 0 Å². The minimum Gasteiger partial charge on any atom is -0.494 e. The molecule has 0 aliphatic rings. The summed E-state index contributed by atoms with van der Waals surface area (Å²) in [5, 5.41) is 3.48. The minimum atomic E-state index is 0.842. The van der Waals surface area contributed by atoms with Crippen molar-refractivity contribution in [1.82, 2.24) is 5.32 Å². The molecule has 0 radical (unpaired) electrons. The van der Waals surface area contributed by atoms with Crippen molar-refractivity contribution in [2.75, 3.05) is 19.7 Å². The van der Waals surface area contributed by atoms with Crippen LogP contribution in [0.5, 0.6) is 5.75 Å². The van der Waals surface area contributed by atoms with Gasteiger partial charge >= 0.3 is 0 Å². The molecule has 0 aromatic heterocycles. The summed E-state index contributed by atoms with van der Waals surface area (Å²) in [5.41, 5.74) is 1.37. The van der Waals surface area contributed by atoms with E-state index in [1.165, 1.54) is 50.8 Å². The first kappa shape index (κ1) is 17.0. The first-order valence-electron chi connectivity index (χ1n) is 8.29. The summed E-state index contributed by atoms with van der Waals surface area (Å²) >= 11 is 0. The highest BCUT2D eigenvalue weighted by Crippen LogP contribution is 2.13. The van der Waals surface area contributed by atoms with Crippen LogP contribution in [0.4, 0.5) is 0 Å². The third kappa shape index (κ3) is 8.21. The second-order valence-electron chi connectivity index (χ2n) is 5.36. The van der Waals surface area contributed by atoms with Crippen LogP contribution in [0.1, 0.15) is 57.9 Å². The molecule has 0 bridgehead atoms. The predicted octanol–water partition coefficient (Wildman–Crippen LogP) is 4.58. The molecule has 0 heterocycles. The summed E-state index contributed by atoms with van der Waals surface area (Å²) in [4.78, 5) is 0. The van der Waals surface area contributed by atoms with Crippen molar-refractivity contribution in [2.24, 2.45) is 0 Å². The average molecular weight is 277 g/mol. The van der Waals surface area contributed by atoms with E-state index in [0.29, 0.717) is 0 Å². The zero-order valence-corrected chi connectivity index (χ0v) is 13.3. The normalized spacial score (nSPS) is 10.7. The van der Waals surface area contributed by atoms with Gasteiger partial charge in [-0.2, -0.15) is 0 Å². The van der Waals surface area contributed by atoms with E-state index < -0.39 is 0 Å². The molecule has 2 heteroatoms. The standard InChI is InChI=1S/C18H31NO/c1-3-5-14-19-15-8-6-7-9-16-20-18-12-10-17(4-2)11-13-18/h10-13,19H,3-9,14-16H2,1-2H3. The van der Waals surface area contributed by atoms with E-state index in [9.17, 15) is 0 Å². The van der Waals surface area contributed by atoms with Gasteiger partial charge < -0.3 is 10.1 Å². The van der Waals surface area contributed by atoms with E-state index in [0.717, 1.165) is 25.2 Å². The molecule has 0 fully saturated rings. The van der Waals surface area contributed by atoms with Crippen molar-refractivity contribution >= 4 is 0 Å². The molecule has 1 rings (SSSR count). The van der Waals surface area contributed by atoms with Crippen LogP contribution >= 0.6 is 0 Å². The molecule has 0 unspecified atom stereocenters. The molecule has 0 spiro atoms. The van der Waals surface area contributed by atoms with E-state index in [4.69, 9.17) is 4.74 Å². The van der Waals surface area contributed by atoms with Crippen molar-refractivity contribution in [3.8, 4) is 5.75 Å². The second kappa shape index (κ2) is 11.8. The summed E-state index contributed by atoms with van der Waals surface area (Å²) in [5.74, 6) is 1.00. The van der Waals surface area contributed by atoms with Crippen LogP contribution in [-0.4, -0.2) is 19.7 Å². The monoisotopic (exact) mass is 277 g/mol. The van der Waals surface area contributed by atoms with Gasteiger partial charge in [-0.1, -0.05) is 45.2 Å². The second-order valence-corrected chi connectivity index (χ2v) is 5.36. The summed E-state index contributed by atoms with van der Waals surface area (Å²) in [6.07, 6.45) is 8.68. The number of rotatable bonds is 12. The molecule has 1 N–H and O–H groups in total. The Hall–Kier alpha value is -1.02. The Balaban J connectivity index is 1.91. The van der Waals surface area contributed by atoms with Gasteiger partial charge in [-0.3, -0.25) is 0 Å². The summed E-state index contributed by atoms with van der Waals surface area (Å²) in [6, 6.07) is 8.46. The molecule has 1 aromatic rings. The summed E-state index contributed by atoms with van der Waals surface area (Å²) in [6.45, 7) is 7.59. The molecule has 1 aromatic carbocycles. The lowest BCUT2D eigenvalue weighted by molar-refractivity contribution is 0.304. The zero-order valence-electron chi connectivity index (χ0n) is 13.3. The minimum absolute atomic E-state index is 0.842. The molecule has 0 atom stereocenters. The third-order valence-corrected chi connectivity index (χ3v) is 3.56. The average Bonchev–Trinajstić information content (AvgIpc) is 2.50. The maximum Gasteiger partial charge on any atom is 0.119 e. The number of benzene rings is 1. The number of ether oxygens (including phenoxy) is 1. The molecular weight excluding hydrogens is 246 g/mol. The molecule has 2 nitrogen and oxygen atoms in total. The summed E-state index contributed by atoms with van der Waals surface area (Å²) in [7, 11) is 0. The largest absolute Gasteiger partial charge is 0.494 e. The maximum atomic E-state index is 5.75. The van der Waals surface area contributed by atoms with Gasteiger partial charge in [-0.05, 0) is 56.5 Å². The van der Waals surface area contributed by atoms with E-state index in [-0.39, 0.29) is 0 Å². The lowest BCUT2D eigenvalue weighted by Crippen LogP contribution is -2.16. The molecule has 0 aliphatic carbocycles.